The van der Waals surface area contributed by atoms with Gasteiger partial charge in [-0.25, -0.2) is 0 Å². The van der Waals surface area contributed by atoms with Crippen molar-refractivity contribution in [2.75, 3.05) is 0 Å². The molecule has 4 nitrogen and oxygen atoms in total. The third-order valence-electron chi connectivity index (χ3n) is 15.8. The second-order valence-electron chi connectivity index (χ2n) is 19.8. The molecule has 0 saturated heterocycles. The fourth-order valence-electron chi connectivity index (χ4n) is 12.4. The summed E-state index contributed by atoms with van der Waals surface area (Å²) in [5, 5.41) is 9.59. The van der Waals surface area contributed by atoms with E-state index in [0.717, 1.165) is 63.7 Å². The summed E-state index contributed by atoms with van der Waals surface area (Å²) < 4.78 is 47.2. The second-order valence-corrected chi connectivity index (χ2v) is 35.1. The van der Waals surface area contributed by atoms with Crippen LogP contribution in [0.1, 0.15) is 0 Å². The minimum absolute atomic E-state index is 0.799. The van der Waals surface area contributed by atoms with E-state index in [1.165, 1.54) is 0 Å². The zero-order valence-electron chi connectivity index (χ0n) is 44.1. The average Bonchev–Trinajstić information content (AvgIpc) is 3.72. The standard InChI is InChI=1S/C72H60O4P4/c73-77(74-78(61-37-13-1-14-38-61,62-39-15-2-16-40-62,63-41-17-3-18-42-63)64-43-19-4-20-44-64,75-79(65-45-21-5-22-46-65,66-47-23-6-24-48-66,67-49-25-7-26-50-67)68-51-27-8-28-52-68)76-80(69-53-29-9-30-54-69,70-55-31-10-32-56-70,71-57-33-11-34-58-71)72-59-35-12-36-60-72/h1-60H. The maximum atomic E-state index is 20.2. The van der Waals surface area contributed by atoms with E-state index >= 15 is 4.57 Å². The summed E-state index contributed by atoms with van der Waals surface area (Å²) in [6.45, 7) is -15.3. The number of hydrogen-bond acceptors (Lipinski definition) is 4. The first-order valence-corrected chi connectivity index (χ1v) is 34.8. The number of phosphoric acid groups is 1. The van der Waals surface area contributed by atoms with Crippen molar-refractivity contribution in [1.29, 1.82) is 0 Å². The van der Waals surface area contributed by atoms with Gasteiger partial charge in [-0.3, -0.25) is 0 Å². The van der Waals surface area contributed by atoms with Crippen LogP contribution >= 0.6 is 28.3 Å². The molecule has 0 saturated carbocycles. The van der Waals surface area contributed by atoms with Crippen LogP contribution in [0.5, 0.6) is 0 Å². The molecule has 0 spiro atoms. The van der Waals surface area contributed by atoms with Gasteiger partial charge in [0.25, 0.3) is 0 Å². The minimum atomic E-state index is -5.59. The molecule has 0 aromatic heterocycles. The first kappa shape index (κ1) is 52.7. The molecule has 0 bridgehead atoms. The van der Waals surface area contributed by atoms with E-state index in [2.05, 4.69) is 146 Å². The molecule has 0 fully saturated rings. The number of rotatable bonds is 18. The van der Waals surface area contributed by atoms with Gasteiger partial charge in [-0.05, 0) is 0 Å². The van der Waals surface area contributed by atoms with Crippen LogP contribution in [0.2, 0.25) is 0 Å². The normalized spacial score (nSPS) is 14.1. The van der Waals surface area contributed by atoms with Crippen molar-refractivity contribution < 1.29 is 17.5 Å². The van der Waals surface area contributed by atoms with E-state index in [0.29, 0.717) is 0 Å². The molecule has 392 valence electrons. The van der Waals surface area contributed by atoms with Crippen LogP contribution in [0, 0.1) is 0 Å². The van der Waals surface area contributed by atoms with Crippen molar-refractivity contribution >= 4 is 92.0 Å². The van der Waals surface area contributed by atoms with Gasteiger partial charge < -0.3 is 0 Å². The predicted octanol–water partition coefficient (Wildman–Crippen LogP) is 13.5. The number of benzene rings is 12. The molecular weight excluding hydrogens is 1050 g/mol. The molecule has 0 atom stereocenters. The average molecular weight is 1110 g/mol. The first-order chi connectivity index (χ1) is 39.4. The van der Waals surface area contributed by atoms with E-state index in [1.807, 2.05) is 218 Å². The van der Waals surface area contributed by atoms with Gasteiger partial charge in [-0.15, -0.1) is 0 Å². The summed E-state index contributed by atoms with van der Waals surface area (Å²) in [4.78, 5) is 0. The maximum absolute atomic E-state index is 20.2. The van der Waals surface area contributed by atoms with Crippen LogP contribution in [-0.4, -0.2) is 0 Å². The Morgan fingerprint density at radius 1 is 0.163 bits per heavy atom. The van der Waals surface area contributed by atoms with Gasteiger partial charge in [-0.2, -0.15) is 0 Å². The van der Waals surface area contributed by atoms with Gasteiger partial charge in [0, 0.05) is 0 Å². The van der Waals surface area contributed by atoms with Gasteiger partial charge in [-0.1, -0.05) is 0 Å². The van der Waals surface area contributed by atoms with Crippen molar-refractivity contribution in [3.63, 3.8) is 0 Å². The van der Waals surface area contributed by atoms with Crippen molar-refractivity contribution in [1.82, 2.24) is 0 Å². The topological polar surface area (TPSA) is 44.8 Å². The molecular formula is C72H60O4P4. The van der Waals surface area contributed by atoms with Crippen LogP contribution in [-0.2, 0) is 17.5 Å². The quantitative estimate of drug-likeness (QED) is 0.0803. The van der Waals surface area contributed by atoms with E-state index < -0.39 is 28.3 Å². The third-order valence-corrected chi connectivity index (χ3v) is 37.5. The Morgan fingerprint density at radius 3 is 0.338 bits per heavy atom. The van der Waals surface area contributed by atoms with Gasteiger partial charge in [0.05, 0.1) is 0 Å². The van der Waals surface area contributed by atoms with Gasteiger partial charge in [0.15, 0.2) is 0 Å². The zero-order valence-corrected chi connectivity index (χ0v) is 47.6. The third kappa shape index (κ3) is 7.94. The predicted molar refractivity (Wildman–Crippen MR) is 345 cm³/mol. The Kier molecular flexibility index (Phi) is 14.2. The first-order valence-electron chi connectivity index (χ1n) is 26.9. The Labute approximate surface area is 470 Å². The summed E-state index contributed by atoms with van der Waals surface area (Å²) >= 11 is 0. The fraction of sp³-hybridized carbons (Fsp3) is 0. The Bertz CT molecular complexity index is 3080. The van der Waals surface area contributed by atoms with Gasteiger partial charge in [0.2, 0.25) is 0 Å². The molecule has 8 heteroatoms. The second kappa shape index (κ2) is 21.6. The fourth-order valence-corrected chi connectivity index (χ4v) is 37.2. The molecule has 0 heterocycles. The van der Waals surface area contributed by atoms with Crippen LogP contribution in [0.3, 0.4) is 0 Å². The Hall–Kier alpha value is -7.96. The summed E-state index contributed by atoms with van der Waals surface area (Å²) in [5.74, 6) is 0. The monoisotopic (exact) mass is 1110 g/mol. The van der Waals surface area contributed by atoms with Crippen LogP contribution in [0.15, 0.2) is 364 Å². The van der Waals surface area contributed by atoms with E-state index in [9.17, 15) is 0 Å². The summed E-state index contributed by atoms with van der Waals surface area (Å²) in [7, 11) is -5.59. The van der Waals surface area contributed by atoms with Crippen molar-refractivity contribution in [2.45, 2.75) is 0 Å². The summed E-state index contributed by atoms with van der Waals surface area (Å²) in [6.07, 6.45) is 0. The molecule has 0 aliphatic rings. The van der Waals surface area contributed by atoms with Crippen LogP contribution in [0.4, 0.5) is 0 Å². The molecule has 0 unspecified atom stereocenters. The zero-order chi connectivity index (χ0) is 54.3. The molecule has 0 radical (unpaired) electrons. The molecule has 0 amide bonds. The van der Waals surface area contributed by atoms with Crippen LogP contribution in [0.25, 0.3) is 0 Å². The molecule has 12 aromatic carbocycles. The van der Waals surface area contributed by atoms with E-state index in [4.69, 9.17) is 12.9 Å². The van der Waals surface area contributed by atoms with Crippen LogP contribution < -0.4 is 63.7 Å². The molecule has 0 aliphatic heterocycles. The molecule has 80 heavy (non-hydrogen) atoms. The SMILES string of the molecule is O=P(OP(c1ccccc1)(c1ccccc1)(c1ccccc1)c1ccccc1)(OP(c1ccccc1)(c1ccccc1)(c1ccccc1)c1ccccc1)OP(c1ccccc1)(c1ccccc1)(c1ccccc1)c1ccccc1. The van der Waals surface area contributed by atoms with Gasteiger partial charge >= 0.3 is 473 Å². The van der Waals surface area contributed by atoms with Crippen molar-refractivity contribution in [3.8, 4) is 0 Å². The van der Waals surface area contributed by atoms with Gasteiger partial charge in [0.1, 0.15) is 0 Å². The molecule has 0 N–H and O–H groups in total. The summed E-state index contributed by atoms with van der Waals surface area (Å²) in [5.41, 5.74) is 0. The van der Waals surface area contributed by atoms with Crippen molar-refractivity contribution in [2.24, 2.45) is 0 Å². The molecule has 0 aliphatic carbocycles. The number of hydrogen-bond donors (Lipinski definition) is 0. The molecule has 12 rings (SSSR count). The Balaban J connectivity index is 1.39. The van der Waals surface area contributed by atoms with E-state index in [1.54, 1.807) is 0 Å². The molecule has 12 aromatic rings. The summed E-state index contributed by atoms with van der Waals surface area (Å²) in [6, 6.07) is 124. The van der Waals surface area contributed by atoms with Crippen molar-refractivity contribution in [3.05, 3.63) is 364 Å². The Morgan fingerprint density at radius 2 is 0.250 bits per heavy atom. The van der Waals surface area contributed by atoms with E-state index in [-0.39, 0.29) is 0 Å².